The van der Waals surface area contributed by atoms with Gasteiger partial charge in [0.15, 0.2) is 4.96 Å². The number of fused-ring (bicyclic) bond motifs is 3. The summed E-state index contributed by atoms with van der Waals surface area (Å²) in [6.07, 6.45) is 3.17. The molecule has 0 bridgehead atoms. The summed E-state index contributed by atoms with van der Waals surface area (Å²) in [6, 6.07) is 3.63. The number of thiazole rings is 1. The number of nitrogens with one attached hydrogen (secondary N) is 2. The van der Waals surface area contributed by atoms with Crippen LogP contribution in [-0.4, -0.2) is 42.2 Å². The van der Waals surface area contributed by atoms with Crippen LogP contribution in [0.3, 0.4) is 0 Å². The van der Waals surface area contributed by atoms with Gasteiger partial charge in [-0.15, -0.1) is 11.8 Å². The topological polar surface area (TPSA) is 144 Å². The maximum absolute atomic E-state index is 12.8. The molecule has 0 fully saturated rings. The van der Waals surface area contributed by atoms with Crippen molar-refractivity contribution < 1.29 is 4.79 Å². The Morgan fingerprint density at radius 3 is 3.00 bits per heavy atom. The van der Waals surface area contributed by atoms with Crippen LogP contribution in [0.2, 0.25) is 0 Å². The van der Waals surface area contributed by atoms with E-state index >= 15 is 0 Å². The van der Waals surface area contributed by atoms with E-state index < -0.39 is 11.5 Å². The van der Waals surface area contributed by atoms with Crippen LogP contribution < -0.4 is 16.6 Å². The Labute approximate surface area is 147 Å². The van der Waals surface area contributed by atoms with Crippen molar-refractivity contribution in [3.63, 3.8) is 0 Å². The zero-order valence-corrected chi connectivity index (χ0v) is 14.3. The number of carbonyl (C=O) groups excluding carboxylic acids is 1. The molecule has 0 radical (unpaired) electrons. The Kier molecular flexibility index (Phi) is 3.62. The maximum Gasteiger partial charge on any atom is 0.271 e. The number of carbonyl (C=O) groups is 1. The van der Waals surface area contributed by atoms with Crippen molar-refractivity contribution in [1.29, 1.82) is 0 Å². The second kappa shape index (κ2) is 5.82. The molecule has 0 aliphatic carbocycles. The summed E-state index contributed by atoms with van der Waals surface area (Å²) in [6.45, 7) is 0. The molecule has 4 aromatic rings. The molecule has 3 heterocycles. The highest BCUT2D eigenvalue weighted by molar-refractivity contribution is 7.98. The molecule has 126 valence electrons. The zero-order chi connectivity index (χ0) is 17.6. The van der Waals surface area contributed by atoms with Crippen LogP contribution >= 0.6 is 23.1 Å². The normalized spacial score (nSPS) is 11.2. The van der Waals surface area contributed by atoms with Gasteiger partial charge in [-0.05, 0) is 28.8 Å². The Bertz CT molecular complexity index is 1160. The molecule has 1 aromatic carbocycles. The van der Waals surface area contributed by atoms with Gasteiger partial charge in [-0.3, -0.25) is 19.3 Å². The Morgan fingerprint density at radius 2 is 2.28 bits per heavy atom. The smallest absolute Gasteiger partial charge is 0.271 e. The van der Waals surface area contributed by atoms with Crippen LogP contribution in [0.25, 0.3) is 15.2 Å². The van der Waals surface area contributed by atoms with Gasteiger partial charge in [-0.25, -0.2) is 10.1 Å². The van der Waals surface area contributed by atoms with E-state index in [9.17, 15) is 9.59 Å². The number of hydrogen-bond donors (Lipinski definition) is 3. The number of hydrogen-bond acceptors (Lipinski definition) is 9. The Hall–Kier alpha value is -2.99. The second-order valence-corrected chi connectivity index (χ2v) is 6.82. The van der Waals surface area contributed by atoms with Gasteiger partial charge in [0, 0.05) is 16.8 Å². The number of nitrogens with zero attached hydrogens (tertiary/aromatic N) is 5. The average molecular weight is 374 g/mol. The standard InChI is InChI=1S/C13H10N8O2S2/c1-24-8-3-9-7(2-6(8)14)21-11(23)5(4-15-13(21)25-9)10(22)16-12-17-19-20-18-12/h2-4H,14H2,1H3,(H2,16,17,18,19,20,22). The first-order valence-corrected chi connectivity index (χ1v) is 8.95. The summed E-state index contributed by atoms with van der Waals surface area (Å²) in [7, 11) is 0. The molecule has 12 heteroatoms. The third kappa shape index (κ3) is 2.51. The van der Waals surface area contributed by atoms with Crippen molar-refractivity contribution in [3.05, 3.63) is 34.2 Å². The van der Waals surface area contributed by atoms with Gasteiger partial charge in [0.05, 0.1) is 10.2 Å². The summed E-state index contributed by atoms with van der Waals surface area (Å²) in [5.74, 6) is -0.614. The van der Waals surface area contributed by atoms with Crippen molar-refractivity contribution in [1.82, 2.24) is 30.0 Å². The van der Waals surface area contributed by atoms with Crippen LogP contribution in [0.15, 0.2) is 28.0 Å². The third-order valence-corrected chi connectivity index (χ3v) is 5.32. The summed E-state index contributed by atoms with van der Waals surface area (Å²) < 4.78 is 2.24. The highest BCUT2D eigenvalue weighted by Gasteiger charge is 2.18. The molecule has 0 aliphatic rings. The van der Waals surface area contributed by atoms with Crippen molar-refractivity contribution in [3.8, 4) is 0 Å². The average Bonchev–Trinajstić information content (AvgIpc) is 3.21. The van der Waals surface area contributed by atoms with Gasteiger partial charge < -0.3 is 5.73 Å². The Balaban J connectivity index is 1.89. The lowest BCUT2D eigenvalue weighted by atomic mass is 10.3. The molecule has 0 unspecified atom stereocenters. The summed E-state index contributed by atoms with van der Waals surface area (Å²) >= 11 is 2.87. The maximum atomic E-state index is 12.8. The van der Waals surface area contributed by atoms with Crippen LogP contribution in [0.1, 0.15) is 10.4 Å². The van der Waals surface area contributed by atoms with Crippen LogP contribution in [0, 0.1) is 0 Å². The first kappa shape index (κ1) is 15.5. The van der Waals surface area contributed by atoms with E-state index in [-0.39, 0.29) is 11.5 Å². The van der Waals surface area contributed by atoms with Crippen molar-refractivity contribution in [2.24, 2.45) is 0 Å². The summed E-state index contributed by atoms with van der Waals surface area (Å²) in [4.78, 5) is 30.7. The lowest BCUT2D eigenvalue weighted by Gasteiger charge is -2.03. The quantitative estimate of drug-likeness (QED) is 0.355. The van der Waals surface area contributed by atoms with Crippen LogP contribution in [-0.2, 0) is 0 Å². The fourth-order valence-corrected chi connectivity index (χ4v) is 3.98. The first-order chi connectivity index (χ1) is 12.1. The molecule has 0 spiro atoms. The minimum Gasteiger partial charge on any atom is -0.398 e. The Morgan fingerprint density at radius 1 is 1.44 bits per heavy atom. The number of nitrogens with two attached hydrogens (primary N) is 1. The van der Waals surface area contributed by atoms with Gasteiger partial charge >= 0.3 is 0 Å². The van der Waals surface area contributed by atoms with Crippen molar-refractivity contribution in [2.45, 2.75) is 4.90 Å². The van der Waals surface area contributed by atoms with Gasteiger partial charge in [-0.2, -0.15) is 0 Å². The molecule has 3 aromatic heterocycles. The summed E-state index contributed by atoms with van der Waals surface area (Å²) in [5, 5.41) is 15.0. The van der Waals surface area contributed by atoms with Gasteiger partial charge in [0.1, 0.15) is 5.56 Å². The molecule has 0 aliphatic heterocycles. The van der Waals surface area contributed by atoms with E-state index in [1.54, 1.807) is 6.07 Å². The first-order valence-electron chi connectivity index (χ1n) is 6.91. The van der Waals surface area contributed by atoms with Crippen molar-refractivity contribution in [2.75, 3.05) is 17.3 Å². The van der Waals surface area contributed by atoms with E-state index in [4.69, 9.17) is 5.73 Å². The lowest BCUT2D eigenvalue weighted by molar-refractivity contribution is 0.102. The zero-order valence-electron chi connectivity index (χ0n) is 12.7. The predicted octanol–water partition coefficient (Wildman–Crippen LogP) is 0.979. The summed E-state index contributed by atoms with van der Waals surface area (Å²) in [5.41, 5.74) is 6.59. The van der Waals surface area contributed by atoms with Gasteiger partial charge in [-0.1, -0.05) is 16.4 Å². The van der Waals surface area contributed by atoms with Gasteiger partial charge in [0.2, 0.25) is 5.95 Å². The highest BCUT2D eigenvalue weighted by Crippen LogP contribution is 2.32. The minimum atomic E-state index is -0.654. The van der Waals surface area contributed by atoms with Gasteiger partial charge in [0.25, 0.3) is 11.5 Å². The molecule has 0 saturated carbocycles. The van der Waals surface area contributed by atoms with E-state index in [0.29, 0.717) is 16.2 Å². The molecule has 4 rings (SSSR count). The molecular weight excluding hydrogens is 364 g/mol. The number of benzene rings is 1. The number of anilines is 2. The van der Waals surface area contributed by atoms with E-state index in [1.165, 1.54) is 33.7 Å². The fourth-order valence-electron chi connectivity index (χ4n) is 2.36. The largest absolute Gasteiger partial charge is 0.398 e. The monoisotopic (exact) mass is 374 g/mol. The fraction of sp³-hybridized carbons (Fsp3) is 0.0769. The number of rotatable bonds is 3. The van der Waals surface area contributed by atoms with E-state index in [1.807, 2.05) is 12.3 Å². The molecule has 0 saturated heterocycles. The van der Waals surface area contributed by atoms with Crippen molar-refractivity contribution >= 4 is 55.8 Å². The van der Waals surface area contributed by atoms with E-state index in [2.05, 4.69) is 30.9 Å². The third-order valence-electron chi connectivity index (χ3n) is 3.50. The molecule has 0 atom stereocenters. The molecule has 25 heavy (non-hydrogen) atoms. The number of tetrazole rings is 1. The van der Waals surface area contributed by atoms with Crippen LogP contribution in [0.5, 0.6) is 0 Å². The van der Waals surface area contributed by atoms with Crippen LogP contribution in [0.4, 0.5) is 11.6 Å². The SMILES string of the molecule is CSc1cc2sc3ncc(C(=O)Nc4nnn[nH]4)c(=O)n3c2cc1N. The highest BCUT2D eigenvalue weighted by atomic mass is 32.2. The number of amides is 1. The molecule has 10 nitrogen and oxygen atoms in total. The number of aromatic amines is 1. The number of thioether (sulfide) groups is 1. The molecule has 4 N–H and O–H groups in total. The molecule has 1 amide bonds. The number of nitrogen functional groups attached to an aromatic ring is 1. The number of aromatic nitrogens is 6. The number of H-pyrrole nitrogens is 1. The lowest BCUT2D eigenvalue weighted by Crippen LogP contribution is -2.26. The molecular formula is C13H10N8O2S2. The van der Waals surface area contributed by atoms with E-state index in [0.717, 1.165) is 9.60 Å². The minimum absolute atomic E-state index is 0.0403. The second-order valence-electron chi connectivity index (χ2n) is 4.96. The predicted molar refractivity (Wildman–Crippen MR) is 95.2 cm³/mol.